The van der Waals surface area contributed by atoms with E-state index in [1.807, 2.05) is 98.1 Å². The Morgan fingerprint density at radius 2 is 1.06 bits per heavy atom. The Morgan fingerprint density at radius 1 is 0.651 bits per heavy atom. The minimum Gasteiger partial charge on any atom is -0.444 e. The summed E-state index contributed by atoms with van der Waals surface area (Å²) < 4.78 is 38.4. The maximum atomic E-state index is 15.0. The number of nitrogens with zero attached hydrogens (tertiary/aromatic N) is 12. The number of piperazine rings is 2. The summed E-state index contributed by atoms with van der Waals surface area (Å²) in [5, 5.41) is 1.52. The van der Waals surface area contributed by atoms with Gasteiger partial charge in [0.15, 0.2) is 11.3 Å². The minimum atomic E-state index is -0.614. The number of anilines is 2. The third-order valence-electron chi connectivity index (χ3n) is 14.6. The molecule has 0 aliphatic carbocycles. The molecular formula is C62H66Cl2F2N12O5. The van der Waals surface area contributed by atoms with Crippen molar-refractivity contribution >= 4 is 68.9 Å². The van der Waals surface area contributed by atoms with Gasteiger partial charge in [-0.1, -0.05) is 81.7 Å². The van der Waals surface area contributed by atoms with Crippen molar-refractivity contribution in [2.75, 3.05) is 49.1 Å². The highest BCUT2D eigenvalue weighted by atomic mass is 35.5. The molecule has 0 saturated carbocycles. The molecule has 10 rings (SSSR count). The zero-order valence-corrected chi connectivity index (χ0v) is 49.9. The summed E-state index contributed by atoms with van der Waals surface area (Å²) in [6.07, 6.45) is 4.33. The predicted octanol–water partition coefficient (Wildman–Crippen LogP) is 11.8. The van der Waals surface area contributed by atoms with Gasteiger partial charge in [0.1, 0.15) is 28.9 Å². The third-order valence-corrected chi connectivity index (χ3v) is 15.2. The van der Waals surface area contributed by atoms with Crippen LogP contribution in [0.3, 0.4) is 0 Å². The Hall–Kier alpha value is -8.16. The van der Waals surface area contributed by atoms with E-state index in [2.05, 4.69) is 26.5 Å². The molecule has 432 valence electrons. The molecular weight excluding hydrogens is 1100 g/mol. The number of halogens is 4. The van der Waals surface area contributed by atoms with E-state index >= 15 is 0 Å². The van der Waals surface area contributed by atoms with Crippen LogP contribution in [0, 0.1) is 25.5 Å². The highest BCUT2D eigenvalue weighted by molar-refractivity contribution is 6.34. The van der Waals surface area contributed by atoms with Crippen LogP contribution in [0.15, 0.2) is 107 Å². The highest BCUT2D eigenvalue weighted by Gasteiger charge is 2.34. The van der Waals surface area contributed by atoms with E-state index < -0.39 is 28.6 Å². The molecule has 0 N–H and O–H groups in total. The second kappa shape index (κ2) is 24.0. The van der Waals surface area contributed by atoms with Gasteiger partial charge in [-0.3, -0.25) is 14.8 Å². The van der Waals surface area contributed by atoms with Gasteiger partial charge in [0, 0.05) is 74.9 Å². The molecule has 8 heterocycles. The molecule has 0 unspecified atom stereocenters. The van der Waals surface area contributed by atoms with Gasteiger partial charge < -0.3 is 24.3 Å². The van der Waals surface area contributed by atoms with Gasteiger partial charge in [0.2, 0.25) is 5.91 Å². The van der Waals surface area contributed by atoms with E-state index in [4.69, 9.17) is 37.9 Å². The molecule has 2 aromatic carbocycles. The van der Waals surface area contributed by atoms with Crippen molar-refractivity contribution in [2.24, 2.45) is 0 Å². The van der Waals surface area contributed by atoms with E-state index in [0.717, 1.165) is 11.1 Å². The first-order valence-corrected chi connectivity index (χ1v) is 28.2. The van der Waals surface area contributed by atoms with Gasteiger partial charge >= 0.3 is 17.5 Å². The fraction of sp³-hybridized carbons (Fsp3) is 0.355. The van der Waals surface area contributed by atoms with Crippen LogP contribution in [0.25, 0.3) is 56.0 Å². The zero-order valence-electron chi connectivity index (χ0n) is 48.3. The predicted molar refractivity (Wildman–Crippen MR) is 323 cm³/mol. The number of aryl methyl sites for hydroxylation is 2. The van der Waals surface area contributed by atoms with Gasteiger partial charge in [0.05, 0.1) is 55.0 Å². The Bertz CT molecular complexity index is 3980. The summed E-state index contributed by atoms with van der Waals surface area (Å²) in [5.41, 5.74) is 4.03. The lowest BCUT2D eigenvalue weighted by Crippen LogP contribution is -2.55. The number of carbonyl (C=O) groups is 2. The molecule has 17 nitrogen and oxygen atoms in total. The van der Waals surface area contributed by atoms with Crippen molar-refractivity contribution in [3.63, 3.8) is 0 Å². The normalized spacial score (nSPS) is 15.7. The van der Waals surface area contributed by atoms with Crippen LogP contribution < -0.4 is 21.2 Å². The number of benzene rings is 2. The summed E-state index contributed by atoms with van der Waals surface area (Å²) in [4.78, 5) is 88.3. The van der Waals surface area contributed by atoms with Gasteiger partial charge in [0.25, 0.3) is 0 Å². The van der Waals surface area contributed by atoms with Gasteiger partial charge in [-0.15, -0.1) is 0 Å². The van der Waals surface area contributed by atoms with Crippen molar-refractivity contribution in [1.82, 2.24) is 48.8 Å². The largest absolute Gasteiger partial charge is 0.444 e. The zero-order chi connectivity index (χ0) is 59.9. The molecule has 0 radical (unpaired) electrons. The maximum Gasteiger partial charge on any atom is 0.410 e. The molecule has 2 fully saturated rings. The SMILES string of the molecule is C=CC(=O)N1CCN(c2nc(=O)n(-c3c(C)ccnc3C(C)C)c3nc(-c4ccccc4F)c(Cl)cc23)[C@@H](C)C1.Cc1ccnc(C(C)C)c1-n1c(=O)nc(N2CCN(C(=O)OC(C)(C)C)C[C@@H]2C)c2cc(Cl)c(-c3ccccc3F)nc21. The third kappa shape index (κ3) is 11.9. The molecule has 2 aliphatic heterocycles. The van der Waals surface area contributed by atoms with E-state index in [-0.39, 0.29) is 74.1 Å². The summed E-state index contributed by atoms with van der Waals surface area (Å²) in [5.74, 6) is -0.289. The van der Waals surface area contributed by atoms with Crippen LogP contribution >= 0.6 is 23.2 Å². The van der Waals surface area contributed by atoms with Crippen LogP contribution in [0.5, 0.6) is 0 Å². The fourth-order valence-electron chi connectivity index (χ4n) is 10.7. The average Bonchev–Trinajstić information content (AvgIpc) is 1.62. The summed E-state index contributed by atoms with van der Waals surface area (Å²) in [6, 6.07) is 19.2. The Labute approximate surface area is 490 Å². The quantitative estimate of drug-likeness (QED) is 0.125. The van der Waals surface area contributed by atoms with Crippen LogP contribution in [0.4, 0.5) is 25.2 Å². The second-order valence-corrected chi connectivity index (χ2v) is 23.3. The number of amides is 2. The smallest absolute Gasteiger partial charge is 0.410 e. The lowest BCUT2D eigenvalue weighted by Gasteiger charge is -2.41. The fourth-order valence-corrected chi connectivity index (χ4v) is 11.2. The highest BCUT2D eigenvalue weighted by Crippen LogP contribution is 2.39. The number of fused-ring (bicyclic) bond motifs is 2. The first-order valence-electron chi connectivity index (χ1n) is 27.5. The number of pyridine rings is 4. The molecule has 21 heteroatoms. The van der Waals surface area contributed by atoms with Gasteiger partial charge in [-0.05, 0) is 126 Å². The van der Waals surface area contributed by atoms with E-state index in [1.54, 1.807) is 70.7 Å². The van der Waals surface area contributed by atoms with E-state index in [9.17, 15) is 28.0 Å². The first-order chi connectivity index (χ1) is 39.4. The van der Waals surface area contributed by atoms with Crippen molar-refractivity contribution in [3.8, 4) is 33.9 Å². The summed E-state index contributed by atoms with van der Waals surface area (Å²) in [6.45, 7) is 27.3. The van der Waals surface area contributed by atoms with Crippen molar-refractivity contribution in [3.05, 3.63) is 163 Å². The average molecular weight is 1170 g/mol. The number of hydrogen-bond acceptors (Lipinski definition) is 13. The molecule has 0 spiro atoms. The number of rotatable bonds is 9. The summed E-state index contributed by atoms with van der Waals surface area (Å²) >= 11 is 13.5. The summed E-state index contributed by atoms with van der Waals surface area (Å²) in [7, 11) is 0. The Kier molecular flexibility index (Phi) is 17.2. The van der Waals surface area contributed by atoms with Crippen molar-refractivity contribution in [1.29, 1.82) is 0 Å². The minimum absolute atomic E-state index is 0.00387. The molecule has 8 aromatic rings. The van der Waals surface area contributed by atoms with Crippen molar-refractivity contribution < 1.29 is 23.1 Å². The molecule has 2 amide bonds. The van der Waals surface area contributed by atoms with Crippen LogP contribution in [-0.2, 0) is 9.53 Å². The standard InChI is InChI=1S/C32H36ClFN6O3.C30H30ClFN6O2/c1-18(2)25-27(19(3)12-13-35-25)40-29-22(16-23(33)26(36-29)21-10-8-9-11-24(21)34)28(37-30(40)41)39-15-14-38(17-20(39)4)31(42)43-32(5,6)7;1-6-24(39)36-13-14-37(19(5)16-36)28-21-15-22(31)26(20-9-7-8-10-23(20)32)34-29(21)38(30(40)35-28)27-18(4)11-12-33-25(27)17(2)3/h8-13,16,18,20H,14-15,17H2,1-7H3;6-12,15,17,19H,1,13-14,16H2,2-5H3/t20-;19-/m00/s1. The lowest BCUT2D eigenvalue weighted by molar-refractivity contribution is -0.126. The van der Waals surface area contributed by atoms with Crippen molar-refractivity contribution in [2.45, 2.75) is 106 Å². The molecule has 2 saturated heterocycles. The molecule has 6 aromatic heterocycles. The number of carbonyl (C=O) groups excluding carboxylic acids is 2. The molecule has 83 heavy (non-hydrogen) atoms. The molecule has 0 bridgehead atoms. The molecule has 2 atom stereocenters. The Morgan fingerprint density at radius 3 is 1.45 bits per heavy atom. The maximum absolute atomic E-state index is 15.0. The van der Waals surface area contributed by atoms with Crippen LogP contribution in [0.2, 0.25) is 10.0 Å². The van der Waals surface area contributed by atoms with E-state index in [0.29, 0.717) is 90.1 Å². The number of ether oxygens (including phenoxy) is 1. The first kappa shape index (κ1) is 59.5. The number of aromatic nitrogens is 8. The number of hydrogen-bond donors (Lipinski definition) is 0. The monoisotopic (exact) mass is 1170 g/mol. The van der Waals surface area contributed by atoms with Gasteiger partial charge in [-0.25, -0.2) is 42.3 Å². The van der Waals surface area contributed by atoms with E-state index in [1.165, 1.54) is 27.3 Å². The van der Waals surface area contributed by atoms with Crippen LogP contribution in [0.1, 0.15) is 96.7 Å². The van der Waals surface area contributed by atoms with Gasteiger partial charge in [-0.2, -0.15) is 9.97 Å². The van der Waals surface area contributed by atoms with Crippen LogP contribution in [-0.4, -0.2) is 118 Å². The lowest BCUT2D eigenvalue weighted by atomic mass is 10.0. The Balaban J connectivity index is 0.000000200. The molecule has 2 aliphatic rings. The second-order valence-electron chi connectivity index (χ2n) is 22.5. The topological polar surface area (TPSA) is 178 Å².